The summed E-state index contributed by atoms with van der Waals surface area (Å²) in [5, 5.41) is 0. The summed E-state index contributed by atoms with van der Waals surface area (Å²) in [6, 6.07) is 2.83. The highest BCUT2D eigenvalue weighted by atomic mass is 16.5. The number of methoxy groups -OCH3 is 1. The highest BCUT2D eigenvalue weighted by Gasteiger charge is 2.14. The lowest BCUT2D eigenvalue weighted by Gasteiger charge is -2.29. The summed E-state index contributed by atoms with van der Waals surface area (Å²) < 4.78 is 5.19. The molecule has 1 rings (SSSR count). The molecule has 0 aliphatic heterocycles. The molecule has 0 bridgehead atoms. The lowest BCUT2D eigenvalue weighted by Crippen LogP contribution is -2.35. The quantitative estimate of drug-likeness (QED) is 0.794. The molecule has 0 aromatic carbocycles. The van der Waals surface area contributed by atoms with Crippen LogP contribution in [0.25, 0.3) is 0 Å². The molecule has 0 aliphatic rings. The SMILES string of the molecule is CCC(N)Cc1cnc(N(CCOC)C(C)C)c(C)c1. The highest BCUT2D eigenvalue weighted by molar-refractivity contribution is 5.48. The average Bonchev–Trinajstić information content (AvgIpc) is 2.40. The number of nitrogens with two attached hydrogens (primary N) is 1. The largest absolute Gasteiger partial charge is 0.383 e. The zero-order valence-electron chi connectivity index (χ0n) is 13.5. The average molecular weight is 279 g/mol. The maximum atomic E-state index is 6.01. The van der Waals surface area contributed by atoms with E-state index in [4.69, 9.17) is 10.5 Å². The molecule has 1 heterocycles. The Morgan fingerprint density at radius 3 is 2.60 bits per heavy atom. The fraction of sp³-hybridized carbons (Fsp3) is 0.688. The molecule has 0 aliphatic carbocycles. The van der Waals surface area contributed by atoms with Crippen LogP contribution < -0.4 is 10.6 Å². The van der Waals surface area contributed by atoms with Crippen LogP contribution in [0.2, 0.25) is 0 Å². The van der Waals surface area contributed by atoms with Crippen LogP contribution in [-0.2, 0) is 11.2 Å². The van der Waals surface area contributed by atoms with Crippen LogP contribution in [0.5, 0.6) is 0 Å². The standard InChI is InChI=1S/C16H29N3O/c1-6-15(17)10-14-9-13(4)16(18-11-14)19(12(2)3)7-8-20-5/h9,11-12,15H,6-8,10,17H2,1-5H3. The highest BCUT2D eigenvalue weighted by Crippen LogP contribution is 2.20. The predicted octanol–water partition coefficient (Wildman–Crippen LogP) is 2.53. The van der Waals surface area contributed by atoms with E-state index in [1.165, 1.54) is 11.1 Å². The van der Waals surface area contributed by atoms with E-state index in [1.54, 1.807) is 7.11 Å². The molecule has 1 aromatic heterocycles. The number of rotatable bonds is 8. The zero-order valence-corrected chi connectivity index (χ0v) is 13.5. The summed E-state index contributed by atoms with van der Waals surface area (Å²) in [4.78, 5) is 6.94. The van der Waals surface area contributed by atoms with Gasteiger partial charge in [0.05, 0.1) is 6.61 Å². The number of anilines is 1. The molecule has 0 saturated carbocycles. The monoisotopic (exact) mass is 279 g/mol. The molecule has 0 amide bonds. The van der Waals surface area contributed by atoms with E-state index < -0.39 is 0 Å². The van der Waals surface area contributed by atoms with Crippen LogP contribution >= 0.6 is 0 Å². The van der Waals surface area contributed by atoms with Crippen LogP contribution in [0.1, 0.15) is 38.3 Å². The second-order valence-electron chi connectivity index (χ2n) is 5.64. The molecule has 114 valence electrons. The zero-order chi connectivity index (χ0) is 15.1. The summed E-state index contributed by atoms with van der Waals surface area (Å²) >= 11 is 0. The van der Waals surface area contributed by atoms with Crippen molar-refractivity contribution in [3.05, 3.63) is 23.4 Å². The van der Waals surface area contributed by atoms with Crippen molar-refractivity contribution in [1.29, 1.82) is 0 Å². The Hall–Kier alpha value is -1.13. The van der Waals surface area contributed by atoms with Crippen molar-refractivity contribution >= 4 is 5.82 Å². The first-order chi connectivity index (χ1) is 9.49. The van der Waals surface area contributed by atoms with Crippen molar-refractivity contribution in [3.63, 3.8) is 0 Å². The number of pyridine rings is 1. The first-order valence-electron chi connectivity index (χ1n) is 7.46. The maximum Gasteiger partial charge on any atom is 0.131 e. The van der Waals surface area contributed by atoms with Crippen molar-refractivity contribution in [2.45, 2.75) is 52.6 Å². The number of aromatic nitrogens is 1. The van der Waals surface area contributed by atoms with Gasteiger partial charge < -0.3 is 15.4 Å². The molecule has 20 heavy (non-hydrogen) atoms. The fourth-order valence-corrected chi connectivity index (χ4v) is 2.28. The minimum atomic E-state index is 0.219. The van der Waals surface area contributed by atoms with E-state index in [0.717, 1.165) is 25.2 Å². The Balaban J connectivity index is 2.89. The minimum absolute atomic E-state index is 0.219. The van der Waals surface area contributed by atoms with E-state index in [1.807, 2.05) is 6.20 Å². The van der Waals surface area contributed by atoms with Crippen LogP contribution in [0.15, 0.2) is 12.3 Å². The molecule has 2 N–H and O–H groups in total. The van der Waals surface area contributed by atoms with Crippen molar-refractivity contribution in [1.82, 2.24) is 4.98 Å². The Labute approximate surface area is 123 Å². The molecule has 0 saturated heterocycles. The third kappa shape index (κ3) is 4.76. The molecule has 4 nitrogen and oxygen atoms in total. The lowest BCUT2D eigenvalue weighted by molar-refractivity contribution is 0.203. The van der Waals surface area contributed by atoms with Gasteiger partial charge >= 0.3 is 0 Å². The summed E-state index contributed by atoms with van der Waals surface area (Å²) in [6.45, 7) is 10.2. The van der Waals surface area contributed by atoms with E-state index in [2.05, 4.69) is 43.6 Å². The van der Waals surface area contributed by atoms with Gasteiger partial charge in [-0.15, -0.1) is 0 Å². The van der Waals surface area contributed by atoms with Gasteiger partial charge in [-0.1, -0.05) is 13.0 Å². The summed E-state index contributed by atoms with van der Waals surface area (Å²) in [5.74, 6) is 1.05. The maximum absolute atomic E-state index is 6.01. The van der Waals surface area contributed by atoms with Crippen molar-refractivity contribution in [3.8, 4) is 0 Å². The Kier molecular flexibility index (Phi) is 6.96. The fourth-order valence-electron chi connectivity index (χ4n) is 2.28. The van der Waals surface area contributed by atoms with Crippen LogP contribution in [0.3, 0.4) is 0 Å². The minimum Gasteiger partial charge on any atom is -0.383 e. The number of nitrogens with zero attached hydrogens (tertiary/aromatic N) is 2. The van der Waals surface area contributed by atoms with Gasteiger partial charge in [0.25, 0.3) is 0 Å². The lowest BCUT2D eigenvalue weighted by atomic mass is 10.0. The molecule has 0 spiro atoms. The number of aryl methyl sites for hydroxylation is 1. The first kappa shape index (κ1) is 16.9. The predicted molar refractivity (Wildman–Crippen MR) is 85.3 cm³/mol. The van der Waals surface area contributed by atoms with Gasteiger partial charge in [-0.25, -0.2) is 4.98 Å². The molecular weight excluding hydrogens is 250 g/mol. The van der Waals surface area contributed by atoms with Gasteiger partial charge in [0.2, 0.25) is 0 Å². The molecule has 1 aromatic rings. The van der Waals surface area contributed by atoms with Gasteiger partial charge in [0.15, 0.2) is 0 Å². The van der Waals surface area contributed by atoms with E-state index in [0.29, 0.717) is 12.6 Å². The van der Waals surface area contributed by atoms with Gasteiger partial charge in [-0.05, 0) is 44.7 Å². The van der Waals surface area contributed by atoms with Crippen molar-refractivity contribution in [2.24, 2.45) is 5.73 Å². The van der Waals surface area contributed by atoms with Crippen LogP contribution in [0, 0.1) is 6.92 Å². The number of ether oxygens (including phenoxy) is 1. The summed E-state index contributed by atoms with van der Waals surface area (Å²) in [7, 11) is 1.73. The van der Waals surface area contributed by atoms with Crippen molar-refractivity contribution < 1.29 is 4.74 Å². The van der Waals surface area contributed by atoms with Gasteiger partial charge in [0, 0.05) is 31.9 Å². The van der Waals surface area contributed by atoms with Crippen LogP contribution in [-0.4, -0.2) is 37.3 Å². The molecular formula is C16H29N3O. The first-order valence-corrected chi connectivity index (χ1v) is 7.46. The molecule has 0 fully saturated rings. The smallest absolute Gasteiger partial charge is 0.131 e. The number of hydrogen-bond donors (Lipinski definition) is 1. The second kappa shape index (κ2) is 8.22. The summed E-state index contributed by atoms with van der Waals surface area (Å²) in [6.07, 6.45) is 3.84. The molecule has 1 unspecified atom stereocenters. The summed E-state index contributed by atoms with van der Waals surface area (Å²) in [5.41, 5.74) is 8.43. The third-order valence-electron chi connectivity index (χ3n) is 3.56. The second-order valence-corrected chi connectivity index (χ2v) is 5.64. The molecule has 0 radical (unpaired) electrons. The van der Waals surface area contributed by atoms with Gasteiger partial charge in [0.1, 0.15) is 5.82 Å². The van der Waals surface area contributed by atoms with Crippen LogP contribution in [0.4, 0.5) is 5.82 Å². The Morgan fingerprint density at radius 2 is 2.10 bits per heavy atom. The van der Waals surface area contributed by atoms with E-state index in [9.17, 15) is 0 Å². The number of hydrogen-bond acceptors (Lipinski definition) is 4. The van der Waals surface area contributed by atoms with Gasteiger partial charge in [-0.2, -0.15) is 0 Å². The normalized spacial score (nSPS) is 12.8. The Bertz CT molecular complexity index is 407. The van der Waals surface area contributed by atoms with Gasteiger partial charge in [-0.3, -0.25) is 0 Å². The molecule has 4 heteroatoms. The Morgan fingerprint density at radius 1 is 1.40 bits per heavy atom. The topological polar surface area (TPSA) is 51.4 Å². The third-order valence-corrected chi connectivity index (χ3v) is 3.56. The van der Waals surface area contributed by atoms with E-state index >= 15 is 0 Å². The molecule has 1 atom stereocenters. The van der Waals surface area contributed by atoms with Crippen molar-refractivity contribution in [2.75, 3.05) is 25.2 Å². The van der Waals surface area contributed by atoms with E-state index in [-0.39, 0.29) is 6.04 Å².